The molecule has 10 heteroatoms. The van der Waals surface area contributed by atoms with Crippen molar-refractivity contribution in [3.8, 4) is 0 Å². The predicted octanol–water partition coefficient (Wildman–Crippen LogP) is 11.5. The van der Waals surface area contributed by atoms with E-state index in [-0.39, 0.29) is 32.6 Å². The molecule has 0 aromatic rings. The van der Waals surface area contributed by atoms with E-state index in [0.717, 1.165) is 83.5 Å². The van der Waals surface area contributed by atoms with Gasteiger partial charge in [0.15, 0.2) is 6.10 Å². The summed E-state index contributed by atoms with van der Waals surface area (Å²) in [5.41, 5.74) is 5.34. The van der Waals surface area contributed by atoms with Crippen LogP contribution in [0.5, 0.6) is 0 Å². The average Bonchev–Trinajstić information content (AvgIpc) is 3.14. The molecule has 0 heterocycles. The molecule has 0 radical (unpaired) electrons. The Balaban J connectivity index is 4.30. The number of carbonyl (C=O) groups excluding carboxylic acids is 2. The summed E-state index contributed by atoms with van der Waals surface area (Å²) in [6.07, 6.45) is 46.4. The van der Waals surface area contributed by atoms with Crippen LogP contribution in [0.4, 0.5) is 0 Å². The molecule has 0 amide bonds. The third kappa shape index (κ3) is 39.0. The number of nitrogens with two attached hydrogens (primary N) is 1. The van der Waals surface area contributed by atoms with Gasteiger partial charge in [-0.2, -0.15) is 0 Å². The minimum atomic E-state index is -4.39. The van der Waals surface area contributed by atoms with Crippen LogP contribution < -0.4 is 5.73 Å². The highest BCUT2D eigenvalue weighted by Crippen LogP contribution is 2.43. The second-order valence-electron chi connectivity index (χ2n) is 13.1. The smallest absolute Gasteiger partial charge is 0.462 e. The number of allylic oxidation sites excluding steroid dienone is 12. The van der Waals surface area contributed by atoms with Crippen molar-refractivity contribution in [2.75, 3.05) is 26.4 Å². The van der Waals surface area contributed by atoms with Gasteiger partial charge in [-0.1, -0.05) is 132 Å². The molecule has 9 nitrogen and oxygen atoms in total. The molecular formula is C43H74NO8P. The first-order valence-corrected chi connectivity index (χ1v) is 21.9. The van der Waals surface area contributed by atoms with Crippen molar-refractivity contribution < 1.29 is 37.6 Å². The van der Waals surface area contributed by atoms with E-state index < -0.39 is 32.5 Å². The van der Waals surface area contributed by atoms with E-state index in [9.17, 15) is 19.0 Å². The van der Waals surface area contributed by atoms with Crippen molar-refractivity contribution in [3.63, 3.8) is 0 Å². The average molecular weight is 764 g/mol. The molecule has 53 heavy (non-hydrogen) atoms. The summed E-state index contributed by atoms with van der Waals surface area (Å²) in [4.78, 5) is 34.8. The quantitative estimate of drug-likeness (QED) is 0.0274. The van der Waals surface area contributed by atoms with Crippen molar-refractivity contribution in [2.45, 2.75) is 161 Å². The predicted molar refractivity (Wildman–Crippen MR) is 219 cm³/mol. The summed E-state index contributed by atoms with van der Waals surface area (Å²) in [7, 11) is -4.39. The summed E-state index contributed by atoms with van der Waals surface area (Å²) >= 11 is 0. The number of unbranched alkanes of at least 4 members (excludes halogenated alkanes) is 12. The van der Waals surface area contributed by atoms with E-state index in [1.807, 2.05) is 0 Å². The van der Waals surface area contributed by atoms with E-state index in [1.165, 1.54) is 32.1 Å². The molecule has 0 aromatic heterocycles. The Bertz CT molecular complexity index is 1100. The number of ether oxygens (including phenoxy) is 2. The molecular weight excluding hydrogens is 689 g/mol. The summed E-state index contributed by atoms with van der Waals surface area (Å²) in [6.45, 7) is 3.56. The second-order valence-corrected chi connectivity index (χ2v) is 14.6. The first-order valence-electron chi connectivity index (χ1n) is 20.4. The van der Waals surface area contributed by atoms with Crippen molar-refractivity contribution in [2.24, 2.45) is 5.73 Å². The van der Waals surface area contributed by atoms with Crippen LogP contribution in [0.25, 0.3) is 0 Å². The Hall–Kier alpha value is -2.55. The summed E-state index contributed by atoms with van der Waals surface area (Å²) in [5, 5.41) is 0. The Morgan fingerprint density at radius 2 is 1.02 bits per heavy atom. The van der Waals surface area contributed by atoms with Crippen LogP contribution >= 0.6 is 7.82 Å². The molecule has 0 aliphatic heterocycles. The number of hydrogen-bond acceptors (Lipinski definition) is 8. The van der Waals surface area contributed by atoms with Gasteiger partial charge in [0, 0.05) is 19.4 Å². The maximum atomic E-state index is 12.5. The summed E-state index contributed by atoms with van der Waals surface area (Å²) in [6, 6.07) is 0. The zero-order valence-electron chi connectivity index (χ0n) is 33.2. The van der Waals surface area contributed by atoms with Crippen LogP contribution in [0.3, 0.4) is 0 Å². The van der Waals surface area contributed by atoms with Gasteiger partial charge >= 0.3 is 19.8 Å². The van der Waals surface area contributed by atoms with Crippen LogP contribution in [-0.4, -0.2) is 49.3 Å². The fourth-order valence-electron chi connectivity index (χ4n) is 5.01. The van der Waals surface area contributed by atoms with Gasteiger partial charge in [0.05, 0.1) is 13.2 Å². The molecule has 0 rings (SSSR count). The molecule has 0 spiro atoms. The van der Waals surface area contributed by atoms with Crippen LogP contribution in [0.2, 0.25) is 0 Å². The lowest BCUT2D eigenvalue weighted by molar-refractivity contribution is -0.161. The Kier molecular flexibility index (Phi) is 37.3. The summed E-state index contributed by atoms with van der Waals surface area (Å²) < 4.78 is 32.7. The molecule has 0 aliphatic rings. The number of esters is 2. The van der Waals surface area contributed by atoms with Gasteiger partial charge in [-0.25, -0.2) is 4.57 Å². The Labute approximate surface area is 322 Å². The van der Waals surface area contributed by atoms with Crippen molar-refractivity contribution in [3.05, 3.63) is 72.9 Å². The van der Waals surface area contributed by atoms with Gasteiger partial charge < -0.3 is 20.1 Å². The highest BCUT2D eigenvalue weighted by molar-refractivity contribution is 7.47. The lowest BCUT2D eigenvalue weighted by atomic mass is 10.1. The fourth-order valence-corrected chi connectivity index (χ4v) is 5.77. The maximum Gasteiger partial charge on any atom is 0.472 e. The van der Waals surface area contributed by atoms with Crippen LogP contribution in [0.15, 0.2) is 72.9 Å². The fraction of sp³-hybridized carbons (Fsp3) is 0.674. The van der Waals surface area contributed by atoms with Crippen molar-refractivity contribution >= 4 is 19.8 Å². The van der Waals surface area contributed by atoms with Crippen LogP contribution in [-0.2, 0) is 32.7 Å². The normalized spacial score (nSPS) is 14.1. The maximum absolute atomic E-state index is 12.5. The molecule has 1 unspecified atom stereocenters. The number of carbonyl (C=O) groups is 2. The van der Waals surface area contributed by atoms with Gasteiger partial charge in [-0.05, 0) is 83.5 Å². The van der Waals surface area contributed by atoms with Crippen molar-refractivity contribution in [1.29, 1.82) is 0 Å². The molecule has 304 valence electrons. The van der Waals surface area contributed by atoms with Crippen LogP contribution in [0, 0.1) is 0 Å². The number of rotatable bonds is 37. The number of phosphoric ester groups is 1. The first-order chi connectivity index (χ1) is 25.8. The van der Waals surface area contributed by atoms with Crippen LogP contribution in [0.1, 0.15) is 155 Å². The lowest BCUT2D eigenvalue weighted by Crippen LogP contribution is -2.29. The van der Waals surface area contributed by atoms with Gasteiger partial charge in [0.1, 0.15) is 6.61 Å². The minimum Gasteiger partial charge on any atom is -0.462 e. The standard InChI is InChI=1S/C43H74NO8P/c1-3-5-7-9-11-13-15-17-19-20-22-24-26-28-30-32-34-36-43(46)52-41(40-51-53(47,48)50-38-37-44)39-49-42(45)35-33-31-29-27-25-23-21-18-16-14-12-10-8-6-4-2/h7,9,12-15,18-21,24,26,41H,3-6,8,10-11,16-17,22-23,25,27-40,44H2,1-2H3,(H,47,48)/b9-7+,14-12+,15-13+,20-19+,21-18+,26-24+/t41-/m1/s1. The van der Waals surface area contributed by atoms with E-state index in [0.29, 0.717) is 12.8 Å². The second kappa shape index (κ2) is 39.2. The molecule has 2 atom stereocenters. The largest absolute Gasteiger partial charge is 0.472 e. The van der Waals surface area contributed by atoms with E-state index >= 15 is 0 Å². The Morgan fingerprint density at radius 3 is 1.55 bits per heavy atom. The van der Waals surface area contributed by atoms with E-state index in [1.54, 1.807) is 0 Å². The highest BCUT2D eigenvalue weighted by atomic mass is 31.2. The van der Waals surface area contributed by atoms with Gasteiger partial charge in [0.25, 0.3) is 0 Å². The van der Waals surface area contributed by atoms with E-state index in [4.69, 9.17) is 24.3 Å². The third-order valence-electron chi connectivity index (χ3n) is 8.05. The molecule has 0 aromatic carbocycles. The van der Waals surface area contributed by atoms with E-state index in [2.05, 4.69) is 86.8 Å². The van der Waals surface area contributed by atoms with Crippen molar-refractivity contribution in [1.82, 2.24) is 0 Å². The van der Waals surface area contributed by atoms with Gasteiger partial charge in [-0.15, -0.1) is 0 Å². The molecule has 0 bridgehead atoms. The molecule has 0 fully saturated rings. The molecule has 0 saturated heterocycles. The summed E-state index contributed by atoms with van der Waals surface area (Å²) in [5.74, 6) is -0.889. The topological polar surface area (TPSA) is 134 Å². The number of phosphoric acid groups is 1. The highest BCUT2D eigenvalue weighted by Gasteiger charge is 2.25. The SMILES string of the molecule is CCC/C=C/C/C=C/C/C=C/C/C=C/CCCCCC(=O)O[C@H](COC(=O)CCCCCCC/C=C/C/C=C/CCCCC)COP(=O)(O)OCCN. The molecule has 3 N–H and O–H groups in total. The zero-order chi connectivity index (χ0) is 38.9. The van der Waals surface area contributed by atoms with Gasteiger partial charge in [0.2, 0.25) is 0 Å². The monoisotopic (exact) mass is 764 g/mol. The zero-order valence-corrected chi connectivity index (χ0v) is 34.1. The molecule has 0 aliphatic carbocycles. The Morgan fingerprint density at radius 1 is 0.566 bits per heavy atom. The van der Waals surface area contributed by atoms with Gasteiger partial charge in [-0.3, -0.25) is 18.6 Å². The molecule has 0 saturated carbocycles. The first kappa shape index (κ1) is 50.5. The lowest BCUT2D eigenvalue weighted by Gasteiger charge is -2.19. The number of hydrogen-bond donors (Lipinski definition) is 2. The minimum absolute atomic E-state index is 0.0421. The third-order valence-corrected chi connectivity index (χ3v) is 9.03.